The predicted molar refractivity (Wildman–Crippen MR) is 112 cm³/mol. The van der Waals surface area contributed by atoms with Crippen molar-refractivity contribution in [2.24, 2.45) is 11.8 Å². The third-order valence-electron chi connectivity index (χ3n) is 6.74. The molecule has 1 saturated carbocycles. The lowest BCUT2D eigenvalue weighted by atomic mass is 9.80. The van der Waals surface area contributed by atoms with Crippen LogP contribution >= 0.6 is 0 Å². The summed E-state index contributed by atoms with van der Waals surface area (Å²) in [6.07, 6.45) is -6.03. The zero-order valence-electron chi connectivity index (χ0n) is 20.4. The molecule has 0 spiro atoms. The number of ether oxygens (including phenoxy) is 1. The normalized spacial score (nSPS) is 20.2. The summed E-state index contributed by atoms with van der Waals surface area (Å²) in [6, 6.07) is 4.08. The molecule has 1 aliphatic rings. The Morgan fingerprint density at radius 3 is 1.69 bits per heavy atom. The van der Waals surface area contributed by atoms with E-state index >= 15 is 0 Å². The van der Waals surface area contributed by atoms with Gasteiger partial charge in [0.1, 0.15) is 5.75 Å². The maximum Gasteiger partial charge on any atom is 0.460 e. The Balaban J connectivity index is 2.06. The molecule has 1 fully saturated rings. The first-order valence-corrected chi connectivity index (χ1v) is 11.9. The minimum Gasteiger partial charge on any atom is -0.426 e. The SMILES string of the molecule is CCCC1CCC(C(=O)Oc2ccc(CCC(F)(F)C(F)(F)C(F)(F)C(F)(F)C(F)(F)C(F)(F)F)cc2)CC1. The van der Waals surface area contributed by atoms with E-state index in [1.807, 2.05) is 6.92 Å². The molecule has 224 valence electrons. The Morgan fingerprint density at radius 2 is 1.23 bits per heavy atom. The maximum atomic E-state index is 14.0. The first-order valence-electron chi connectivity index (χ1n) is 11.9. The van der Waals surface area contributed by atoms with Crippen molar-refractivity contribution in [3.05, 3.63) is 29.8 Å². The zero-order valence-corrected chi connectivity index (χ0v) is 20.4. The van der Waals surface area contributed by atoms with E-state index in [1.165, 1.54) is 0 Å². The molecule has 0 N–H and O–H groups in total. The molecular formula is C24H25F13O2. The van der Waals surface area contributed by atoms with Crippen molar-refractivity contribution in [2.45, 2.75) is 94.1 Å². The highest BCUT2D eigenvalue weighted by molar-refractivity contribution is 5.75. The maximum absolute atomic E-state index is 14.0. The monoisotopic (exact) mass is 592 g/mol. The van der Waals surface area contributed by atoms with E-state index in [0.29, 0.717) is 18.8 Å². The molecule has 1 aliphatic carbocycles. The molecule has 0 aromatic heterocycles. The van der Waals surface area contributed by atoms with E-state index in [9.17, 15) is 61.9 Å². The van der Waals surface area contributed by atoms with Gasteiger partial charge in [-0.15, -0.1) is 0 Å². The van der Waals surface area contributed by atoms with Gasteiger partial charge in [-0.25, -0.2) is 0 Å². The fourth-order valence-corrected chi connectivity index (χ4v) is 4.28. The number of alkyl halides is 13. The number of hydrogen-bond acceptors (Lipinski definition) is 2. The van der Waals surface area contributed by atoms with Gasteiger partial charge in [-0.2, -0.15) is 57.1 Å². The molecule has 1 aromatic rings. The molecule has 0 bridgehead atoms. The van der Waals surface area contributed by atoms with Crippen LogP contribution < -0.4 is 4.74 Å². The molecule has 0 atom stereocenters. The van der Waals surface area contributed by atoms with E-state index in [2.05, 4.69) is 0 Å². The third kappa shape index (κ3) is 6.41. The van der Waals surface area contributed by atoms with Crippen LogP contribution in [-0.4, -0.2) is 41.8 Å². The average Bonchev–Trinajstić information content (AvgIpc) is 2.83. The highest BCUT2D eigenvalue weighted by atomic mass is 19.4. The average molecular weight is 592 g/mol. The van der Waals surface area contributed by atoms with E-state index < -0.39 is 54.6 Å². The topological polar surface area (TPSA) is 26.3 Å². The Bertz CT molecular complexity index is 963. The van der Waals surface area contributed by atoms with E-state index in [-0.39, 0.29) is 17.2 Å². The first-order chi connectivity index (χ1) is 17.6. The summed E-state index contributed by atoms with van der Waals surface area (Å²) in [5.41, 5.74) is -0.263. The molecule has 0 amide bonds. The van der Waals surface area contributed by atoms with Gasteiger partial charge in [-0.1, -0.05) is 31.9 Å². The number of hydrogen-bond donors (Lipinski definition) is 0. The number of carbonyl (C=O) groups excluding carboxylic acids is 1. The molecule has 2 rings (SSSR count). The summed E-state index contributed by atoms with van der Waals surface area (Å²) in [4.78, 5) is 12.3. The molecule has 39 heavy (non-hydrogen) atoms. The highest BCUT2D eigenvalue weighted by Crippen LogP contribution is 2.60. The minimum atomic E-state index is -7.91. The van der Waals surface area contributed by atoms with Gasteiger partial charge >= 0.3 is 41.8 Å². The summed E-state index contributed by atoms with van der Waals surface area (Å²) >= 11 is 0. The molecule has 0 saturated heterocycles. The molecule has 15 heteroatoms. The van der Waals surface area contributed by atoms with Gasteiger partial charge in [-0.3, -0.25) is 4.79 Å². The lowest BCUT2D eigenvalue weighted by Crippen LogP contribution is -2.70. The summed E-state index contributed by atoms with van der Waals surface area (Å²) in [5, 5.41) is 0. The summed E-state index contributed by atoms with van der Waals surface area (Å²) in [6.45, 7) is 2.05. The first kappa shape index (κ1) is 33.0. The Labute approximate surface area is 214 Å². The minimum absolute atomic E-state index is 0.0583. The van der Waals surface area contributed by atoms with Crippen molar-refractivity contribution in [1.82, 2.24) is 0 Å². The second-order valence-electron chi connectivity index (χ2n) is 9.57. The van der Waals surface area contributed by atoms with Crippen LogP contribution in [0.15, 0.2) is 24.3 Å². The van der Waals surface area contributed by atoms with Crippen molar-refractivity contribution in [2.75, 3.05) is 0 Å². The van der Waals surface area contributed by atoms with Crippen LogP contribution in [0.4, 0.5) is 57.1 Å². The standard InChI is InChI=1S/C24H25F13O2/c1-2-3-14-4-8-16(9-5-14)18(38)39-17-10-6-15(7-11-17)12-13-19(25,26)20(27,28)21(29,30)22(31,32)23(33,34)24(35,36)37/h6-7,10-11,14,16H,2-5,8-9,12-13H2,1H3. The number of benzene rings is 1. The Kier molecular flexibility index (Phi) is 9.59. The zero-order chi connectivity index (χ0) is 30.1. The molecule has 2 nitrogen and oxygen atoms in total. The van der Waals surface area contributed by atoms with Crippen LogP contribution in [0, 0.1) is 11.8 Å². The molecule has 0 heterocycles. The summed E-state index contributed by atoms with van der Waals surface area (Å²) < 4.78 is 177. The number of aryl methyl sites for hydroxylation is 1. The second kappa shape index (κ2) is 11.3. The van der Waals surface area contributed by atoms with Gasteiger partial charge in [0, 0.05) is 6.42 Å². The quantitative estimate of drug-likeness (QED) is 0.146. The lowest BCUT2D eigenvalue weighted by Gasteiger charge is -2.39. The lowest BCUT2D eigenvalue weighted by molar-refractivity contribution is -0.440. The number of carbonyl (C=O) groups is 1. The van der Waals surface area contributed by atoms with Crippen LogP contribution in [0.5, 0.6) is 5.75 Å². The molecular weight excluding hydrogens is 567 g/mol. The van der Waals surface area contributed by atoms with E-state index in [0.717, 1.165) is 49.9 Å². The van der Waals surface area contributed by atoms with Crippen molar-refractivity contribution < 1.29 is 66.6 Å². The van der Waals surface area contributed by atoms with E-state index in [1.54, 1.807) is 0 Å². The van der Waals surface area contributed by atoms with Gasteiger partial charge in [0.15, 0.2) is 0 Å². The summed E-state index contributed by atoms with van der Waals surface area (Å²) in [7, 11) is 0. The number of esters is 1. The predicted octanol–water partition coefficient (Wildman–Crippen LogP) is 8.87. The van der Waals surface area contributed by atoms with Crippen LogP contribution in [0.2, 0.25) is 0 Å². The number of rotatable bonds is 11. The van der Waals surface area contributed by atoms with E-state index in [4.69, 9.17) is 4.74 Å². The fraction of sp³-hybridized carbons (Fsp3) is 0.708. The smallest absolute Gasteiger partial charge is 0.426 e. The highest BCUT2D eigenvalue weighted by Gasteiger charge is 2.90. The molecule has 1 aromatic carbocycles. The largest absolute Gasteiger partial charge is 0.460 e. The Hall–Kier alpha value is -2.22. The third-order valence-corrected chi connectivity index (χ3v) is 6.74. The van der Waals surface area contributed by atoms with Crippen LogP contribution in [0.3, 0.4) is 0 Å². The second-order valence-corrected chi connectivity index (χ2v) is 9.57. The number of halogens is 13. The van der Waals surface area contributed by atoms with Crippen LogP contribution in [-0.2, 0) is 11.2 Å². The molecule has 0 radical (unpaired) electrons. The fourth-order valence-electron chi connectivity index (χ4n) is 4.28. The van der Waals surface area contributed by atoms with Crippen LogP contribution in [0.25, 0.3) is 0 Å². The van der Waals surface area contributed by atoms with Crippen molar-refractivity contribution in [3.8, 4) is 5.75 Å². The van der Waals surface area contributed by atoms with Gasteiger partial charge in [0.2, 0.25) is 0 Å². The van der Waals surface area contributed by atoms with Gasteiger partial charge < -0.3 is 4.74 Å². The van der Waals surface area contributed by atoms with Crippen molar-refractivity contribution in [3.63, 3.8) is 0 Å². The molecule has 0 unspecified atom stereocenters. The van der Waals surface area contributed by atoms with Gasteiger partial charge in [0.05, 0.1) is 5.92 Å². The van der Waals surface area contributed by atoms with Crippen LogP contribution in [0.1, 0.15) is 57.4 Å². The van der Waals surface area contributed by atoms with Crippen molar-refractivity contribution >= 4 is 5.97 Å². The van der Waals surface area contributed by atoms with Gasteiger partial charge in [0.25, 0.3) is 0 Å². The summed E-state index contributed by atoms with van der Waals surface area (Å²) in [5.74, 6) is -37.4. The van der Waals surface area contributed by atoms with Crippen molar-refractivity contribution in [1.29, 1.82) is 0 Å². The van der Waals surface area contributed by atoms with Gasteiger partial charge in [-0.05, 0) is 55.7 Å². The molecule has 0 aliphatic heterocycles. The Morgan fingerprint density at radius 1 is 0.744 bits per heavy atom.